The van der Waals surface area contributed by atoms with E-state index in [0.29, 0.717) is 29.3 Å². The molecule has 1 aromatic heterocycles. The Labute approximate surface area is 163 Å². The molecule has 28 heavy (non-hydrogen) atoms. The summed E-state index contributed by atoms with van der Waals surface area (Å²) in [5, 5.41) is 2.76. The molecule has 9 heteroatoms. The van der Waals surface area contributed by atoms with E-state index >= 15 is 0 Å². The predicted octanol–water partition coefficient (Wildman–Crippen LogP) is 2.62. The number of rotatable bonds is 7. The maximum Gasteiger partial charge on any atom is 0.255 e. The van der Waals surface area contributed by atoms with Crippen LogP contribution < -0.4 is 14.8 Å². The highest BCUT2D eigenvalue weighted by molar-refractivity contribution is 7.92. The highest BCUT2D eigenvalue weighted by atomic mass is 32.2. The summed E-state index contributed by atoms with van der Waals surface area (Å²) >= 11 is 0. The third kappa shape index (κ3) is 5.34. The third-order valence-electron chi connectivity index (χ3n) is 3.85. The molecule has 0 saturated heterocycles. The molecule has 2 N–H and O–H groups in total. The van der Waals surface area contributed by atoms with Crippen LogP contribution in [0.5, 0.6) is 5.75 Å². The average molecular weight is 400 g/mol. The van der Waals surface area contributed by atoms with Crippen molar-refractivity contribution < 1.29 is 17.9 Å². The van der Waals surface area contributed by atoms with Crippen molar-refractivity contribution in [3.8, 4) is 5.75 Å². The number of imidazole rings is 1. The number of ether oxygens (including phenoxy) is 1. The van der Waals surface area contributed by atoms with Crippen molar-refractivity contribution in [2.45, 2.75) is 6.61 Å². The fourth-order valence-electron chi connectivity index (χ4n) is 2.42. The maximum absolute atomic E-state index is 12.4. The zero-order chi connectivity index (χ0) is 20.1. The molecule has 1 heterocycles. The van der Waals surface area contributed by atoms with Gasteiger partial charge in [-0.15, -0.1) is 0 Å². The minimum absolute atomic E-state index is 0.278. The van der Waals surface area contributed by atoms with Gasteiger partial charge in [-0.1, -0.05) is 0 Å². The van der Waals surface area contributed by atoms with Crippen LogP contribution in [0, 0.1) is 0 Å². The van der Waals surface area contributed by atoms with E-state index in [4.69, 9.17) is 4.74 Å². The summed E-state index contributed by atoms with van der Waals surface area (Å²) < 4.78 is 32.3. The van der Waals surface area contributed by atoms with Gasteiger partial charge in [0.05, 0.1) is 6.26 Å². The van der Waals surface area contributed by atoms with Crippen molar-refractivity contribution in [3.05, 3.63) is 72.3 Å². The molecule has 0 radical (unpaired) electrons. The van der Waals surface area contributed by atoms with Crippen LogP contribution in [-0.4, -0.2) is 30.1 Å². The molecular weight excluding hydrogens is 380 g/mol. The Morgan fingerprint density at radius 2 is 1.71 bits per heavy atom. The van der Waals surface area contributed by atoms with Crippen LogP contribution in [0.15, 0.2) is 60.9 Å². The smallest absolute Gasteiger partial charge is 0.255 e. The van der Waals surface area contributed by atoms with Gasteiger partial charge in [0.1, 0.15) is 18.2 Å². The van der Waals surface area contributed by atoms with Crippen LogP contribution in [0.1, 0.15) is 16.2 Å². The number of carbonyl (C=O) groups is 1. The van der Waals surface area contributed by atoms with E-state index in [9.17, 15) is 13.2 Å². The number of amides is 1. The van der Waals surface area contributed by atoms with Crippen molar-refractivity contribution in [2.75, 3.05) is 16.3 Å². The summed E-state index contributed by atoms with van der Waals surface area (Å²) in [5.74, 6) is 1.16. The first-order valence-electron chi connectivity index (χ1n) is 8.38. The van der Waals surface area contributed by atoms with Crippen molar-refractivity contribution in [2.24, 2.45) is 7.05 Å². The lowest BCUT2D eigenvalue weighted by atomic mass is 10.2. The van der Waals surface area contributed by atoms with Crippen molar-refractivity contribution in [3.63, 3.8) is 0 Å². The van der Waals surface area contributed by atoms with Gasteiger partial charge in [0.25, 0.3) is 5.91 Å². The SMILES string of the molecule is Cn1ccnc1COc1ccc(C(=O)Nc2ccc(NS(C)(=O)=O)cc2)cc1. The van der Waals surface area contributed by atoms with Crippen molar-refractivity contribution in [1.29, 1.82) is 0 Å². The second kappa shape index (κ2) is 8.13. The Hall–Kier alpha value is -3.33. The lowest BCUT2D eigenvalue weighted by molar-refractivity contribution is 0.102. The summed E-state index contributed by atoms with van der Waals surface area (Å²) in [6.45, 7) is 0.336. The number of carbonyl (C=O) groups excluding carboxylic acids is 1. The fourth-order valence-corrected chi connectivity index (χ4v) is 2.99. The number of aryl methyl sites for hydroxylation is 1. The van der Waals surface area contributed by atoms with Crippen LogP contribution >= 0.6 is 0 Å². The number of aromatic nitrogens is 2. The van der Waals surface area contributed by atoms with E-state index < -0.39 is 10.0 Å². The minimum atomic E-state index is -3.34. The first-order chi connectivity index (χ1) is 13.3. The standard InChI is InChI=1S/C19H20N4O4S/c1-23-12-11-20-18(23)13-27-17-9-3-14(4-10-17)19(24)21-15-5-7-16(8-6-15)22-28(2,25)26/h3-12,22H,13H2,1-2H3,(H,21,24). The molecule has 0 aliphatic rings. The van der Waals surface area contributed by atoms with Crippen LogP contribution in [-0.2, 0) is 23.7 Å². The van der Waals surface area contributed by atoms with Gasteiger partial charge in [0.2, 0.25) is 10.0 Å². The van der Waals surface area contributed by atoms with Crippen LogP contribution in [0.3, 0.4) is 0 Å². The molecule has 1 amide bonds. The first-order valence-corrected chi connectivity index (χ1v) is 10.3. The van der Waals surface area contributed by atoms with Gasteiger partial charge in [0.15, 0.2) is 0 Å². The summed E-state index contributed by atoms with van der Waals surface area (Å²) in [7, 11) is -1.44. The zero-order valence-electron chi connectivity index (χ0n) is 15.4. The molecule has 3 rings (SSSR count). The Bertz CT molecular complexity index is 1060. The number of hydrogen-bond donors (Lipinski definition) is 2. The number of benzene rings is 2. The molecule has 0 atom stereocenters. The van der Waals surface area contributed by atoms with Gasteiger partial charge < -0.3 is 14.6 Å². The van der Waals surface area contributed by atoms with E-state index in [1.165, 1.54) is 0 Å². The molecular formula is C19H20N4O4S. The summed E-state index contributed by atoms with van der Waals surface area (Å²) in [5.41, 5.74) is 1.46. The quantitative estimate of drug-likeness (QED) is 0.635. The molecule has 2 aromatic carbocycles. The zero-order valence-corrected chi connectivity index (χ0v) is 16.2. The molecule has 0 unspecified atom stereocenters. The summed E-state index contributed by atoms with van der Waals surface area (Å²) in [4.78, 5) is 16.5. The largest absolute Gasteiger partial charge is 0.486 e. The molecule has 0 bridgehead atoms. The van der Waals surface area contributed by atoms with Crippen LogP contribution in [0.2, 0.25) is 0 Å². The molecule has 0 saturated carbocycles. The average Bonchev–Trinajstić information content (AvgIpc) is 3.06. The van der Waals surface area contributed by atoms with Gasteiger partial charge >= 0.3 is 0 Å². The normalized spacial score (nSPS) is 11.1. The van der Waals surface area contributed by atoms with E-state index in [1.807, 2.05) is 17.8 Å². The molecule has 0 fully saturated rings. The minimum Gasteiger partial charge on any atom is -0.486 e. The molecule has 0 aliphatic heterocycles. The van der Waals surface area contributed by atoms with Crippen LogP contribution in [0.4, 0.5) is 11.4 Å². The number of hydrogen-bond acceptors (Lipinski definition) is 5. The highest BCUT2D eigenvalue weighted by Gasteiger charge is 2.08. The van der Waals surface area contributed by atoms with Gasteiger partial charge in [-0.3, -0.25) is 9.52 Å². The van der Waals surface area contributed by atoms with Crippen molar-refractivity contribution in [1.82, 2.24) is 9.55 Å². The van der Waals surface area contributed by atoms with Gasteiger partial charge in [-0.05, 0) is 48.5 Å². The number of sulfonamides is 1. The third-order valence-corrected chi connectivity index (χ3v) is 4.46. The van der Waals surface area contributed by atoms with Crippen LogP contribution in [0.25, 0.3) is 0 Å². The number of nitrogens with zero attached hydrogens (tertiary/aromatic N) is 2. The molecule has 0 aliphatic carbocycles. The van der Waals surface area contributed by atoms with E-state index in [0.717, 1.165) is 12.1 Å². The number of nitrogens with one attached hydrogen (secondary N) is 2. The van der Waals surface area contributed by atoms with E-state index in [1.54, 1.807) is 54.7 Å². The lowest BCUT2D eigenvalue weighted by Gasteiger charge is -2.09. The summed E-state index contributed by atoms with van der Waals surface area (Å²) in [6.07, 6.45) is 4.62. The Kier molecular flexibility index (Phi) is 5.65. The lowest BCUT2D eigenvalue weighted by Crippen LogP contribution is -2.12. The Balaban J connectivity index is 1.57. The van der Waals surface area contributed by atoms with Gasteiger partial charge in [-0.25, -0.2) is 13.4 Å². The Morgan fingerprint density at radius 3 is 2.29 bits per heavy atom. The topological polar surface area (TPSA) is 102 Å². The monoisotopic (exact) mass is 400 g/mol. The molecule has 3 aromatic rings. The van der Waals surface area contributed by atoms with E-state index in [-0.39, 0.29) is 5.91 Å². The molecule has 146 valence electrons. The predicted molar refractivity (Wildman–Crippen MR) is 107 cm³/mol. The second-order valence-electron chi connectivity index (χ2n) is 6.17. The number of anilines is 2. The first kappa shape index (κ1) is 19.4. The maximum atomic E-state index is 12.4. The van der Waals surface area contributed by atoms with Gasteiger partial charge in [-0.2, -0.15) is 0 Å². The molecule has 8 nitrogen and oxygen atoms in total. The van der Waals surface area contributed by atoms with Gasteiger partial charge in [0, 0.05) is 36.4 Å². The second-order valence-corrected chi connectivity index (χ2v) is 7.92. The fraction of sp³-hybridized carbons (Fsp3) is 0.158. The van der Waals surface area contributed by atoms with Crippen molar-refractivity contribution >= 4 is 27.3 Å². The van der Waals surface area contributed by atoms with E-state index in [2.05, 4.69) is 15.0 Å². The Morgan fingerprint density at radius 1 is 1.07 bits per heavy atom. The molecule has 0 spiro atoms. The summed E-state index contributed by atoms with van der Waals surface area (Å²) in [6, 6.07) is 13.2. The highest BCUT2D eigenvalue weighted by Crippen LogP contribution is 2.17.